The third kappa shape index (κ3) is 5.86. The van der Waals surface area contributed by atoms with Crippen LogP contribution in [0.4, 0.5) is 17.5 Å². The van der Waals surface area contributed by atoms with Gasteiger partial charge in [0.25, 0.3) is 0 Å². The van der Waals surface area contributed by atoms with Crippen LogP contribution in [0, 0.1) is 6.92 Å². The second kappa shape index (κ2) is 9.24. The molecular formula is C21H23ClN4O. The molecule has 5 nitrogen and oxygen atoms in total. The Bertz CT molecular complexity index is 866. The summed E-state index contributed by atoms with van der Waals surface area (Å²) >= 11 is 5.90. The van der Waals surface area contributed by atoms with Crippen molar-refractivity contribution in [3.63, 3.8) is 0 Å². The molecule has 0 amide bonds. The van der Waals surface area contributed by atoms with Crippen molar-refractivity contribution in [3.8, 4) is 5.75 Å². The molecule has 0 aliphatic heterocycles. The highest BCUT2D eigenvalue weighted by atomic mass is 35.5. The first-order valence-electron chi connectivity index (χ1n) is 8.96. The van der Waals surface area contributed by atoms with Crippen molar-refractivity contribution in [1.82, 2.24) is 9.97 Å². The Hall–Kier alpha value is -2.79. The van der Waals surface area contributed by atoms with Crippen molar-refractivity contribution in [2.75, 3.05) is 17.2 Å². The Morgan fingerprint density at radius 1 is 1.00 bits per heavy atom. The molecule has 140 valence electrons. The highest BCUT2D eigenvalue weighted by Gasteiger charge is 2.03. The molecule has 3 aromatic rings. The fraction of sp³-hybridized carbons (Fsp3) is 0.238. The standard InChI is InChI=1S/C21H23ClN4O/c1-3-12-23-21-24-15(2)13-20(26-21)25-18-8-10-19(11-9-18)27-14-16-4-6-17(22)7-5-16/h4-11,13H,3,12,14H2,1-2H3,(H2,23,24,25,26). The minimum Gasteiger partial charge on any atom is -0.489 e. The van der Waals surface area contributed by atoms with Gasteiger partial charge in [0.1, 0.15) is 18.2 Å². The van der Waals surface area contributed by atoms with Crippen molar-refractivity contribution in [3.05, 3.63) is 70.9 Å². The average Bonchev–Trinajstić information content (AvgIpc) is 2.67. The van der Waals surface area contributed by atoms with Gasteiger partial charge in [-0.25, -0.2) is 4.98 Å². The summed E-state index contributed by atoms with van der Waals surface area (Å²) in [5, 5.41) is 7.25. The first-order chi connectivity index (χ1) is 13.1. The van der Waals surface area contributed by atoms with E-state index in [1.165, 1.54) is 0 Å². The number of halogens is 1. The third-order valence-corrected chi connectivity index (χ3v) is 4.08. The Kier molecular flexibility index (Phi) is 6.49. The molecule has 0 fully saturated rings. The molecule has 0 bridgehead atoms. The molecule has 0 aliphatic rings. The monoisotopic (exact) mass is 382 g/mol. The van der Waals surface area contributed by atoms with Crippen molar-refractivity contribution < 1.29 is 4.74 Å². The molecule has 0 saturated carbocycles. The highest BCUT2D eigenvalue weighted by molar-refractivity contribution is 6.30. The van der Waals surface area contributed by atoms with Gasteiger partial charge in [-0.05, 0) is 55.3 Å². The smallest absolute Gasteiger partial charge is 0.224 e. The lowest BCUT2D eigenvalue weighted by atomic mass is 10.2. The van der Waals surface area contributed by atoms with Gasteiger partial charge in [-0.2, -0.15) is 4.98 Å². The molecule has 0 atom stereocenters. The summed E-state index contributed by atoms with van der Waals surface area (Å²) in [6.45, 7) is 5.42. The van der Waals surface area contributed by atoms with E-state index in [-0.39, 0.29) is 0 Å². The number of benzene rings is 2. The van der Waals surface area contributed by atoms with Crippen LogP contribution in [-0.2, 0) is 6.61 Å². The zero-order chi connectivity index (χ0) is 19.1. The number of hydrogen-bond acceptors (Lipinski definition) is 5. The maximum Gasteiger partial charge on any atom is 0.224 e. The van der Waals surface area contributed by atoms with Gasteiger partial charge in [0.2, 0.25) is 5.95 Å². The second-order valence-corrected chi connectivity index (χ2v) is 6.65. The summed E-state index contributed by atoms with van der Waals surface area (Å²) < 4.78 is 5.81. The largest absolute Gasteiger partial charge is 0.489 e. The second-order valence-electron chi connectivity index (χ2n) is 6.21. The van der Waals surface area contributed by atoms with Gasteiger partial charge in [0, 0.05) is 29.0 Å². The van der Waals surface area contributed by atoms with Crippen molar-refractivity contribution >= 4 is 29.1 Å². The lowest BCUT2D eigenvalue weighted by molar-refractivity contribution is 0.306. The molecule has 0 aliphatic carbocycles. The Balaban J connectivity index is 1.60. The van der Waals surface area contributed by atoms with E-state index < -0.39 is 0 Å². The average molecular weight is 383 g/mol. The minimum atomic E-state index is 0.501. The third-order valence-electron chi connectivity index (χ3n) is 3.83. The summed E-state index contributed by atoms with van der Waals surface area (Å²) in [6, 6.07) is 17.4. The van der Waals surface area contributed by atoms with E-state index in [2.05, 4.69) is 27.5 Å². The van der Waals surface area contributed by atoms with Crippen LogP contribution in [0.5, 0.6) is 5.75 Å². The van der Waals surface area contributed by atoms with Gasteiger partial charge in [0.15, 0.2) is 0 Å². The number of rotatable bonds is 8. The summed E-state index contributed by atoms with van der Waals surface area (Å²) in [5.41, 5.74) is 2.92. The van der Waals surface area contributed by atoms with Crippen LogP contribution in [-0.4, -0.2) is 16.5 Å². The number of nitrogens with zero attached hydrogens (tertiary/aromatic N) is 2. The number of aryl methyl sites for hydroxylation is 1. The molecule has 1 aromatic heterocycles. The SMILES string of the molecule is CCCNc1nc(C)cc(Nc2ccc(OCc3ccc(Cl)cc3)cc2)n1. The Labute approximate surface area is 164 Å². The van der Waals surface area contributed by atoms with E-state index in [1.54, 1.807) is 0 Å². The summed E-state index contributed by atoms with van der Waals surface area (Å²) in [7, 11) is 0. The molecule has 0 saturated heterocycles. The zero-order valence-corrected chi connectivity index (χ0v) is 16.3. The molecule has 1 heterocycles. The first kappa shape index (κ1) is 19.0. The molecule has 0 spiro atoms. The summed E-state index contributed by atoms with van der Waals surface area (Å²) in [4.78, 5) is 8.89. The topological polar surface area (TPSA) is 59.1 Å². The lowest BCUT2D eigenvalue weighted by Crippen LogP contribution is -2.06. The van der Waals surface area contributed by atoms with E-state index in [4.69, 9.17) is 16.3 Å². The number of aromatic nitrogens is 2. The number of anilines is 3. The van der Waals surface area contributed by atoms with Crippen LogP contribution in [0.3, 0.4) is 0 Å². The van der Waals surface area contributed by atoms with Crippen molar-refractivity contribution in [1.29, 1.82) is 0 Å². The molecule has 6 heteroatoms. The van der Waals surface area contributed by atoms with Gasteiger partial charge in [-0.3, -0.25) is 0 Å². The quantitative estimate of drug-likeness (QED) is 0.532. The van der Waals surface area contributed by atoms with Crippen LogP contribution in [0.2, 0.25) is 5.02 Å². The summed E-state index contributed by atoms with van der Waals surface area (Å²) in [6.07, 6.45) is 1.03. The molecule has 0 unspecified atom stereocenters. The Morgan fingerprint density at radius 3 is 2.44 bits per heavy atom. The minimum absolute atomic E-state index is 0.501. The van der Waals surface area contributed by atoms with E-state index in [9.17, 15) is 0 Å². The maximum atomic E-state index is 5.90. The normalized spacial score (nSPS) is 10.5. The van der Waals surface area contributed by atoms with E-state index in [1.807, 2.05) is 61.5 Å². The van der Waals surface area contributed by atoms with Gasteiger partial charge in [-0.15, -0.1) is 0 Å². The fourth-order valence-electron chi connectivity index (χ4n) is 2.48. The van der Waals surface area contributed by atoms with Crippen LogP contribution < -0.4 is 15.4 Å². The lowest BCUT2D eigenvalue weighted by Gasteiger charge is -2.11. The predicted octanol–water partition coefficient (Wildman–Crippen LogP) is 5.58. The molecule has 2 N–H and O–H groups in total. The van der Waals surface area contributed by atoms with Crippen LogP contribution >= 0.6 is 11.6 Å². The first-order valence-corrected chi connectivity index (χ1v) is 9.34. The van der Waals surface area contributed by atoms with Crippen LogP contribution in [0.15, 0.2) is 54.6 Å². The van der Waals surface area contributed by atoms with Gasteiger partial charge < -0.3 is 15.4 Å². The van der Waals surface area contributed by atoms with Gasteiger partial charge in [-0.1, -0.05) is 30.7 Å². The van der Waals surface area contributed by atoms with E-state index >= 15 is 0 Å². The van der Waals surface area contributed by atoms with Crippen LogP contribution in [0.1, 0.15) is 24.6 Å². The molecule has 0 radical (unpaired) electrons. The molecule has 3 rings (SSSR count). The van der Waals surface area contributed by atoms with E-state index in [0.717, 1.165) is 46.5 Å². The fourth-order valence-corrected chi connectivity index (χ4v) is 2.60. The van der Waals surface area contributed by atoms with Crippen molar-refractivity contribution in [2.24, 2.45) is 0 Å². The zero-order valence-electron chi connectivity index (χ0n) is 15.5. The van der Waals surface area contributed by atoms with Crippen molar-refractivity contribution in [2.45, 2.75) is 26.9 Å². The van der Waals surface area contributed by atoms with Crippen LogP contribution in [0.25, 0.3) is 0 Å². The van der Waals surface area contributed by atoms with Gasteiger partial charge in [0.05, 0.1) is 0 Å². The maximum absolute atomic E-state index is 5.90. The van der Waals surface area contributed by atoms with E-state index in [0.29, 0.717) is 12.6 Å². The molecular weight excluding hydrogens is 360 g/mol. The summed E-state index contributed by atoms with van der Waals surface area (Å²) in [5.74, 6) is 2.21. The predicted molar refractivity (Wildman–Crippen MR) is 111 cm³/mol. The number of hydrogen-bond donors (Lipinski definition) is 2. The number of nitrogens with one attached hydrogen (secondary N) is 2. The Morgan fingerprint density at radius 2 is 1.74 bits per heavy atom. The molecule has 2 aromatic carbocycles. The highest BCUT2D eigenvalue weighted by Crippen LogP contribution is 2.21. The molecule has 27 heavy (non-hydrogen) atoms. The van der Waals surface area contributed by atoms with Gasteiger partial charge >= 0.3 is 0 Å². The number of ether oxygens (including phenoxy) is 1.